The Kier molecular flexibility index (Phi) is 12.7. The highest BCUT2D eigenvalue weighted by Gasteiger charge is 2.68. The summed E-state index contributed by atoms with van der Waals surface area (Å²) >= 11 is 0. The van der Waals surface area contributed by atoms with Gasteiger partial charge < -0.3 is 78.7 Å². The first-order chi connectivity index (χ1) is 28.0. The van der Waals surface area contributed by atoms with Gasteiger partial charge in [-0.2, -0.15) is 0 Å². The summed E-state index contributed by atoms with van der Waals surface area (Å²) in [6.07, 6.45) is -7.54. The van der Waals surface area contributed by atoms with E-state index in [2.05, 4.69) is 13.8 Å². The van der Waals surface area contributed by atoms with Crippen LogP contribution in [0.25, 0.3) is 0 Å². The van der Waals surface area contributed by atoms with Gasteiger partial charge in [0.15, 0.2) is 18.9 Å². The fourth-order valence-electron chi connectivity index (χ4n) is 12.9. The average Bonchev–Trinajstić information content (AvgIpc) is 3.77. The van der Waals surface area contributed by atoms with Crippen molar-refractivity contribution in [2.45, 2.75) is 183 Å². The number of carbonyl (C=O) groups is 1. The minimum atomic E-state index is -1.70. The van der Waals surface area contributed by atoms with Crippen LogP contribution in [0.4, 0.5) is 0 Å². The Balaban J connectivity index is 0.857. The first-order valence-electron chi connectivity index (χ1n) is 21.7. The molecule has 0 aromatic rings. The first-order valence-corrected chi connectivity index (χ1v) is 21.7. The van der Waals surface area contributed by atoms with Crippen molar-refractivity contribution in [1.82, 2.24) is 0 Å². The molecule has 59 heavy (non-hydrogen) atoms. The lowest BCUT2D eigenvalue weighted by atomic mass is 9.43. The number of carbonyl (C=O) groups excluding carboxylic acids is 1. The maximum absolute atomic E-state index is 12.6. The maximum Gasteiger partial charge on any atom is 0.331 e. The van der Waals surface area contributed by atoms with Crippen molar-refractivity contribution in [1.29, 1.82) is 0 Å². The Labute approximate surface area is 344 Å². The smallest absolute Gasteiger partial charge is 0.331 e. The molecule has 3 saturated heterocycles. The number of hydrogen-bond acceptors (Lipinski definition) is 17. The number of hydrogen-bond donors (Lipinski definition) is 8. The fraction of sp³-hybridized carbons (Fsp3) is 0.929. The van der Waals surface area contributed by atoms with Gasteiger partial charge in [0, 0.05) is 25.0 Å². The molecule has 17 nitrogen and oxygen atoms in total. The Morgan fingerprint density at radius 2 is 1.49 bits per heavy atom. The quantitative estimate of drug-likeness (QED) is 0.105. The second-order valence-corrected chi connectivity index (χ2v) is 19.3. The summed E-state index contributed by atoms with van der Waals surface area (Å²) in [5.41, 5.74) is 0.0761. The van der Waals surface area contributed by atoms with Crippen LogP contribution in [0.15, 0.2) is 11.6 Å². The summed E-state index contributed by atoms with van der Waals surface area (Å²) in [7, 11) is 1.54. The number of aliphatic hydroxyl groups is 8. The van der Waals surface area contributed by atoms with E-state index < -0.39 is 105 Å². The molecule has 8 aliphatic rings. The number of methoxy groups -OCH3 is 1. The van der Waals surface area contributed by atoms with Crippen LogP contribution < -0.4 is 0 Å². The molecule has 8 rings (SSSR count). The summed E-state index contributed by atoms with van der Waals surface area (Å²) in [5.74, 6) is 0.957. The van der Waals surface area contributed by atoms with E-state index in [0.29, 0.717) is 24.9 Å². The molecule has 4 aliphatic heterocycles. The van der Waals surface area contributed by atoms with Crippen molar-refractivity contribution in [3.63, 3.8) is 0 Å². The van der Waals surface area contributed by atoms with Crippen LogP contribution in [0.1, 0.15) is 85.0 Å². The van der Waals surface area contributed by atoms with Gasteiger partial charge >= 0.3 is 5.97 Å². The SMILES string of the molecule is CO[C@@H]1C[C@H](O[C@H]2CC[C@@]3(C)[C@H](CC[C@@H]4[C@@H]3CC[C@]3(C)[C@@H](C5=CC(=O)OC5)CC[C@]43O)C2)O[C@H](C)[C@H]1O[C@@H]1O[C@H](CO[C@@H]2O[C@H](CO)[C@@H](O)[C@H](O)[C@H]2O)[C@@H](O)[C@H](O)[C@H]1O. The van der Waals surface area contributed by atoms with Crippen LogP contribution in [0, 0.1) is 34.5 Å². The zero-order valence-electron chi connectivity index (χ0n) is 34.5. The Morgan fingerprint density at radius 1 is 0.780 bits per heavy atom. The molecule has 0 spiro atoms. The van der Waals surface area contributed by atoms with Crippen LogP contribution >= 0.6 is 0 Å². The zero-order chi connectivity index (χ0) is 42.2. The van der Waals surface area contributed by atoms with Crippen LogP contribution in [-0.2, 0) is 42.7 Å². The predicted octanol–water partition coefficient (Wildman–Crippen LogP) is -0.212. The van der Waals surface area contributed by atoms with Gasteiger partial charge in [0.1, 0.15) is 61.5 Å². The molecule has 7 fully saturated rings. The van der Waals surface area contributed by atoms with Gasteiger partial charge in [-0.25, -0.2) is 4.79 Å². The minimum Gasteiger partial charge on any atom is -0.458 e. The summed E-state index contributed by atoms with van der Waals surface area (Å²) in [5, 5.41) is 85.0. The molecule has 4 aliphatic carbocycles. The summed E-state index contributed by atoms with van der Waals surface area (Å²) in [6, 6.07) is 0. The summed E-state index contributed by atoms with van der Waals surface area (Å²) in [4.78, 5) is 12.0. The number of ether oxygens (including phenoxy) is 8. The molecule has 0 aromatic heterocycles. The maximum atomic E-state index is 12.6. The molecule has 8 N–H and O–H groups in total. The molecule has 0 amide bonds. The lowest BCUT2D eigenvalue weighted by Crippen LogP contribution is -2.63. The number of rotatable bonds is 10. The van der Waals surface area contributed by atoms with Crippen molar-refractivity contribution in [2.24, 2.45) is 34.5 Å². The molecule has 0 bridgehead atoms. The van der Waals surface area contributed by atoms with E-state index in [-0.39, 0.29) is 34.7 Å². The third-order valence-electron chi connectivity index (χ3n) is 16.4. The lowest BCUT2D eigenvalue weighted by Gasteiger charge is -2.64. The molecule has 0 radical (unpaired) electrons. The third kappa shape index (κ3) is 7.64. The van der Waals surface area contributed by atoms with E-state index in [9.17, 15) is 45.6 Å². The largest absolute Gasteiger partial charge is 0.458 e. The van der Waals surface area contributed by atoms with Crippen LogP contribution in [0.3, 0.4) is 0 Å². The van der Waals surface area contributed by atoms with Gasteiger partial charge in [0.2, 0.25) is 0 Å². The Hall–Kier alpha value is -1.39. The van der Waals surface area contributed by atoms with Gasteiger partial charge in [0.25, 0.3) is 0 Å². The molecular weight excluding hydrogens is 776 g/mol. The van der Waals surface area contributed by atoms with Crippen molar-refractivity contribution in [3.8, 4) is 0 Å². The van der Waals surface area contributed by atoms with E-state index >= 15 is 0 Å². The summed E-state index contributed by atoms with van der Waals surface area (Å²) < 4.78 is 47.2. The normalized spacial score (nSPS) is 53.9. The molecule has 0 unspecified atom stereocenters. The predicted molar refractivity (Wildman–Crippen MR) is 202 cm³/mol. The van der Waals surface area contributed by atoms with Crippen molar-refractivity contribution in [3.05, 3.63) is 11.6 Å². The molecule has 17 heteroatoms. The second kappa shape index (κ2) is 17.0. The number of esters is 1. The monoisotopic (exact) mass is 842 g/mol. The highest BCUT2D eigenvalue weighted by molar-refractivity contribution is 5.85. The van der Waals surface area contributed by atoms with E-state index in [1.807, 2.05) is 0 Å². The molecule has 4 saturated carbocycles. The molecule has 4 heterocycles. The highest BCUT2D eigenvalue weighted by Crippen LogP contribution is 2.70. The first kappa shape index (κ1) is 44.2. The van der Waals surface area contributed by atoms with Crippen molar-refractivity contribution < 1.29 is 83.5 Å². The standard InChI is InChI=1S/C42H66O17/c1-19-37(59-39-36(50)34(48)32(46)28(58-39)18-54-38-35(49)33(47)31(45)27(16-43)57-38)26(52-4)15-30(55-19)56-22-7-10-40(2)21(14-22)5-6-25-24(40)8-11-41(3)23(9-12-42(25,41)51)20-13-29(44)53-17-20/h13,19,21-28,30-39,43,45-51H,5-12,14-18H2,1-4H3/t19-,21-,22+,23-,24+,25-,26-,27-,28-,30+,31-,32-,33+,34+,35-,36-,37-,38-,39+,40+,41-,42+/m1/s1. The van der Waals surface area contributed by atoms with Gasteiger partial charge in [-0.3, -0.25) is 0 Å². The van der Waals surface area contributed by atoms with E-state index in [4.69, 9.17) is 37.9 Å². The number of fused-ring (bicyclic) bond motifs is 5. The Bertz CT molecular complexity index is 1530. The molecule has 22 atom stereocenters. The van der Waals surface area contributed by atoms with Crippen molar-refractivity contribution >= 4 is 5.97 Å². The number of cyclic esters (lactones) is 1. The van der Waals surface area contributed by atoms with Gasteiger partial charge in [-0.15, -0.1) is 0 Å². The summed E-state index contributed by atoms with van der Waals surface area (Å²) in [6.45, 7) is 5.69. The molecule has 336 valence electrons. The van der Waals surface area contributed by atoms with Gasteiger partial charge in [-0.1, -0.05) is 13.8 Å². The van der Waals surface area contributed by atoms with E-state index in [0.717, 1.165) is 63.4 Å². The van der Waals surface area contributed by atoms with Crippen LogP contribution in [0.2, 0.25) is 0 Å². The molecule has 0 aromatic carbocycles. The van der Waals surface area contributed by atoms with Crippen LogP contribution in [-0.4, -0.2) is 171 Å². The van der Waals surface area contributed by atoms with Gasteiger partial charge in [-0.05, 0) is 99.4 Å². The topological polar surface area (TPSA) is 253 Å². The average molecular weight is 843 g/mol. The fourth-order valence-corrected chi connectivity index (χ4v) is 12.9. The molecular formula is C42H66O17. The second-order valence-electron chi connectivity index (χ2n) is 19.3. The number of aliphatic hydroxyl groups excluding tert-OH is 7. The van der Waals surface area contributed by atoms with Crippen molar-refractivity contribution in [2.75, 3.05) is 26.9 Å². The third-order valence-corrected chi connectivity index (χ3v) is 16.4. The lowest BCUT2D eigenvalue weighted by molar-refractivity contribution is -0.355. The highest BCUT2D eigenvalue weighted by atomic mass is 16.8. The zero-order valence-corrected chi connectivity index (χ0v) is 34.5. The van der Waals surface area contributed by atoms with Gasteiger partial charge in [0.05, 0.1) is 37.1 Å². The van der Waals surface area contributed by atoms with Crippen LogP contribution in [0.5, 0.6) is 0 Å². The minimum absolute atomic E-state index is 0.0268. The van der Waals surface area contributed by atoms with E-state index in [1.165, 1.54) is 0 Å². The van der Waals surface area contributed by atoms with E-state index in [1.54, 1.807) is 20.1 Å². The Morgan fingerprint density at radius 3 is 2.19 bits per heavy atom.